The molecule has 1 aromatic carbocycles. The molecular weight excluding hydrogens is 360 g/mol. The quantitative estimate of drug-likeness (QED) is 0.687. The van der Waals surface area contributed by atoms with E-state index < -0.39 is 10.0 Å². The number of thiophene rings is 1. The fourth-order valence-electron chi connectivity index (χ4n) is 2.68. The number of nitrogens with one attached hydrogen (secondary N) is 1. The number of fused-ring (bicyclic) bond motifs is 1. The maximum Gasteiger partial charge on any atom is 0.248 e. The number of aromatic amines is 1. The van der Waals surface area contributed by atoms with Gasteiger partial charge in [0.05, 0.1) is 11.5 Å². The molecule has 0 saturated carbocycles. The second-order valence-corrected chi connectivity index (χ2v) is 8.64. The summed E-state index contributed by atoms with van der Waals surface area (Å²) < 4.78 is 27.3. The van der Waals surface area contributed by atoms with Crippen molar-refractivity contribution >= 4 is 32.3 Å². The standard InChI is InChI=1S/C17H18N2O4S2/c1-12-9-17(21)18-16-5-4-14(10-15(12)16)25(22,23)19(6-7-20)11-13-3-2-8-24-13/h2-5,8-10,20H,6-7,11H2,1H3,(H,18,21). The lowest BCUT2D eigenvalue weighted by atomic mass is 10.1. The van der Waals surface area contributed by atoms with Gasteiger partial charge in [-0.15, -0.1) is 11.3 Å². The number of hydrogen-bond donors (Lipinski definition) is 2. The Morgan fingerprint density at radius 2 is 2.04 bits per heavy atom. The van der Waals surface area contributed by atoms with E-state index >= 15 is 0 Å². The first kappa shape index (κ1) is 17.8. The molecule has 2 aromatic heterocycles. The minimum Gasteiger partial charge on any atom is -0.395 e. The van der Waals surface area contributed by atoms with Gasteiger partial charge in [-0.2, -0.15) is 4.31 Å². The molecule has 0 spiro atoms. The fraction of sp³-hybridized carbons (Fsp3) is 0.235. The van der Waals surface area contributed by atoms with E-state index in [1.807, 2.05) is 17.5 Å². The molecule has 0 aliphatic rings. The number of aliphatic hydroxyl groups is 1. The monoisotopic (exact) mass is 378 g/mol. The third-order valence-electron chi connectivity index (χ3n) is 3.92. The van der Waals surface area contributed by atoms with Crippen molar-refractivity contribution in [3.05, 3.63) is 62.6 Å². The molecule has 2 N–H and O–H groups in total. The molecule has 0 aliphatic carbocycles. The van der Waals surface area contributed by atoms with Gasteiger partial charge in [0, 0.05) is 34.9 Å². The summed E-state index contributed by atoms with van der Waals surface area (Å²) in [7, 11) is -3.77. The zero-order chi connectivity index (χ0) is 18.0. The Kier molecular flexibility index (Phi) is 5.05. The van der Waals surface area contributed by atoms with Crippen LogP contribution in [0.25, 0.3) is 10.9 Å². The first-order chi connectivity index (χ1) is 11.9. The summed E-state index contributed by atoms with van der Waals surface area (Å²) in [4.78, 5) is 15.3. The van der Waals surface area contributed by atoms with Gasteiger partial charge in [-0.3, -0.25) is 4.79 Å². The van der Waals surface area contributed by atoms with Gasteiger partial charge in [-0.1, -0.05) is 6.07 Å². The molecule has 0 unspecified atom stereocenters. The number of hydrogen-bond acceptors (Lipinski definition) is 5. The van der Waals surface area contributed by atoms with Crippen molar-refractivity contribution in [3.63, 3.8) is 0 Å². The van der Waals surface area contributed by atoms with Crippen LogP contribution in [0.2, 0.25) is 0 Å². The summed E-state index contributed by atoms with van der Waals surface area (Å²) >= 11 is 1.47. The van der Waals surface area contributed by atoms with E-state index in [0.29, 0.717) is 16.5 Å². The zero-order valence-corrected chi connectivity index (χ0v) is 15.2. The van der Waals surface area contributed by atoms with Crippen LogP contribution in [0.3, 0.4) is 0 Å². The van der Waals surface area contributed by atoms with Crippen LogP contribution in [0, 0.1) is 6.92 Å². The minimum absolute atomic E-state index is 0.0167. The lowest BCUT2D eigenvalue weighted by Gasteiger charge is -2.21. The third-order valence-corrected chi connectivity index (χ3v) is 6.62. The van der Waals surface area contributed by atoms with Gasteiger partial charge < -0.3 is 10.1 Å². The number of sulfonamides is 1. The van der Waals surface area contributed by atoms with Crippen LogP contribution in [-0.4, -0.2) is 36.0 Å². The Labute approximate surface area is 149 Å². The molecule has 0 radical (unpaired) electrons. The average molecular weight is 378 g/mol. The molecule has 0 fully saturated rings. The molecule has 0 amide bonds. The Hall–Kier alpha value is -2.00. The van der Waals surface area contributed by atoms with Crippen LogP contribution >= 0.6 is 11.3 Å². The Bertz CT molecular complexity index is 1040. The smallest absolute Gasteiger partial charge is 0.248 e. The van der Waals surface area contributed by atoms with E-state index in [9.17, 15) is 18.3 Å². The van der Waals surface area contributed by atoms with Crippen molar-refractivity contribution in [2.75, 3.05) is 13.2 Å². The van der Waals surface area contributed by atoms with E-state index in [4.69, 9.17) is 0 Å². The predicted molar refractivity (Wildman–Crippen MR) is 98.3 cm³/mol. The van der Waals surface area contributed by atoms with E-state index in [1.165, 1.54) is 27.8 Å². The maximum absolute atomic E-state index is 13.0. The van der Waals surface area contributed by atoms with Crippen molar-refractivity contribution in [1.82, 2.24) is 9.29 Å². The summed E-state index contributed by atoms with van der Waals surface area (Å²) in [5.41, 5.74) is 1.08. The van der Waals surface area contributed by atoms with E-state index in [-0.39, 0.29) is 30.2 Å². The number of benzene rings is 1. The molecule has 2 heterocycles. The molecule has 25 heavy (non-hydrogen) atoms. The van der Waals surface area contributed by atoms with Crippen molar-refractivity contribution in [2.45, 2.75) is 18.4 Å². The molecule has 8 heteroatoms. The second-order valence-electron chi connectivity index (χ2n) is 5.67. The second kappa shape index (κ2) is 7.09. The average Bonchev–Trinajstić information content (AvgIpc) is 3.07. The van der Waals surface area contributed by atoms with E-state index in [2.05, 4.69) is 4.98 Å². The van der Waals surface area contributed by atoms with Gasteiger partial charge in [0.1, 0.15) is 0 Å². The number of H-pyrrole nitrogens is 1. The van der Waals surface area contributed by atoms with E-state index in [1.54, 1.807) is 19.1 Å². The number of pyridine rings is 1. The number of aromatic nitrogens is 1. The molecule has 0 bridgehead atoms. The summed E-state index contributed by atoms with van der Waals surface area (Å²) in [6.07, 6.45) is 0. The highest BCUT2D eigenvalue weighted by Gasteiger charge is 2.25. The van der Waals surface area contributed by atoms with Crippen molar-refractivity contribution in [1.29, 1.82) is 0 Å². The van der Waals surface area contributed by atoms with Gasteiger partial charge in [-0.25, -0.2) is 8.42 Å². The summed E-state index contributed by atoms with van der Waals surface area (Å²) in [6.45, 7) is 1.74. The molecule has 6 nitrogen and oxygen atoms in total. The molecule has 0 atom stereocenters. The van der Waals surface area contributed by atoms with Gasteiger partial charge in [0.25, 0.3) is 0 Å². The van der Waals surface area contributed by atoms with Crippen LogP contribution in [0.15, 0.2) is 51.5 Å². The predicted octanol–water partition coefficient (Wildman–Crippen LogP) is 2.08. The number of aliphatic hydroxyl groups excluding tert-OH is 1. The van der Waals surface area contributed by atoms with Crippen LogP contribution in [0.5, 0.6) is 0 Å². The van der Waals surface area contributed by atoms with Gasteiger partial charge in [-0.05, 0) is 42.1 Å². The summed E-state index contributed by atoms with van der Waals surface area (Å²) in [5.74, 6) is 0. The third kappa shape index (κ3) is 3.67. The number of aryl methyl sites for hydroxylation is 1. The lowest BCUT2D eigenvalue weighted by Crippen LogP contribution is -2.33. The minimum atomic E-state index is -3.77. The van der Waals surface area contributed by atoms with Crippen molar-refractivity contribution in [3.8, 4) is 0 Å². The maximum atomic E-state index is 13.0. The van der Waals surface area contributed by atoms with Gasteiger partial charge >= 0.3 is 0 Å². The first-order valence-corrected chi connectivity index (χ1v) is 10.0. The lowest BCUT2D eigenvalue weighted by molar-refractivity contribution is 0.251. The molecule has 0 aliphatic heterocycles. The topological polar surface area (TPSA) is 90.5 Å². The van der Waals surface area contributed by atoms with Crippen LogP contribution in [0.1, 0.15) is 10.4 Å². The molecular formula is C17H18N2O4S2. The summed E-state index contributed by atoms with van der Waals surface area (Å²) in [6, 6.07) is 9.80. The van der Waals surface area contributed by atoms with Crippen LogP contribution in [0.4, 0.5) is 0 Å². The first-order valence-electron chi connectivity index (χ1n) is 7.69. The molecule has 132 valence electrons. The Morgan fingerprint density at radius 1 is 1.24 bits per heavy atom. The SMILES string of the molecule is Cc1cc(=O)[nH]c2ccc(S(=O)(=O)N(CCO)Cc3cccs3)cc12. The van der Waals surface area contributed by atoms with Crippen LogP contribution < -0.4 is 5.56 Å². The normalized spacial score (nSPS) is 12.1. The largest absolute Gasteiger partial charge is 0.395 e. The van der Waals surface area contributed by atoms with Gasteiger partial charge in [0.15, 0.2) is 0 Å². The highest BCUT2D eigenvalue weighted by Crippen LogP contribution is 2.24. The van der Waals surface area contributed by atoms with Gasteiger partial charge in [0.2, 0.25) is 15.6 Å². The van der Waals surface area contributed by atoms with Crippen molar-refractivity contribution in [2.24, 2.45) is 0 Å². The molecule has 3 aromatic rings. The highest BCUT2D eigenvalue weighted by atomic mass is 32.2. The fourth-order valence-corrected chi connectivity index (χ4v) is 4.92. The molecule has 0 saturated heterocycles. The van der Waals surface area contributed by atoms with E-state index in [0.717, 1.165) is 4.88 Å². The summed E-state index contributed by atoms with van der Waals surface area (Å²) in [5, 5.41) is 11.8. The Balaban J connectivity index is 2.05. The Morgan fingerprint density at radius 3 is 2.72 bits per heavy atom. The van der Waals surface area contributed by atoms with Crippen LogP contribution in [-0.2, 0) is 16.6 Å². The molecule has 3 rings (SSSR count). The number of nitrogens with zero attached hydrogens (tertiary/aromatic N) is 1. The zero-order valence-electron chi connectivity index (χ0n) is 13.6. The number of rotatable bonds is 6. The highest BCUT2D eigenvalue weighted by molar-refractivity contribution is 7.89. The van der Waals surface area contributed by atoms with Crippen molar-refractivity contribution < 1.29 is 13.5 Å².